The largest absolute Gasteiger partial charge is 0.508 e. The van der Waals surface area contributed by atoms with Crippen molar-refractivity contribution in [3.05, 3.63) is 52.9 Å². The molecule has 1 aromatic heterocycles. The van der Waals surface area contributed by atoms with Gasteiger partial charge >= 0.3 is 0 Å². The predicted octanol–water partition coefficient (Wildman–Crippen LogP) is 3.49. The predicted molar refractivity (Wildman–Crippen MR) is 135 cm³/mol. The van der Waals surface area contributed by atoms with Crippen LogP contribution in [-0.2, 0) is 13.0 Å². The number of aromatic hydroxyl groups is 2. The van der Waals surface area contributed by atoms with E-state index < -0.39 is 5.78 Å². The number of methoxy groups -OCH3 is 1. The normalized spacial score (nSPS) is 17.8. The molecule has 0 atom stereocenters. The Hall–Kier alpha value is -3.49. The lowest BCUT2D eigenvalue weighted by Crippen LogP contribution is -2.45. The minimum atomic E-state index is -0.408. The summed E-state index contributed by atoms with van der Waals surface area (Å²) in [5.41, 5.74) is 3.20. The highest BCUT2D eigenvalue weighted by molar-refractivity contribution is 6.16. The number of aryl methyl sites for hydroxylation is 1. The molecular weight excluding hydrogens is 446 g/mol. The summed E-state index contributed by atoms with van der Waals surface area (Å²) in [6, 6.07) is 6.54. The summed E-state index contributed by atoms with van der Waals surface area (Å²) in [6.07, 6.45) is 4.62. The zero-order chi connectivity index (χ0) is 24.7. The van der Waals surface area contributed by atoms with Crippen LogP contribution in [0.5, 0.6) is 23.0 Å². The summed E-state index contributed by atoms with van der Waals surface area (Å²) in [6.45, 7) is 8.14. The molecule has 8 nitrogen and oxygen atoms in total. The highest BCUT2D eigenvalue weighted by Crippen LogP contribution is 2.41. The van der Waals surface area contributed by atoms with Crippen molar-refractivity contribution in [3.63, 3.8) is 0 Å². The number of likely N-dealkylation sites (N-methyl/N-ethyl adjacent to an activating group) is 1. The molecule has 3 heterocycles. The second-order valence-electron chi connectivity index (χ2n) is 9.24. The monoisotopic (exact) mass is 477 g/mol. The number of hydrogen-bond donors (Lipinski definition) is 2. The Labute approximate surface area is 204 Å². The molecule has 2 aliphatic rings. The van der Waals surface area contributed by atoms with Gasteiger partial charge in [-0.25, -0.2) is 0 Å². The lowest BCUT2D eigenvalue weighted by atomic mass is 10.0. The first kappa shape index (κ1) is 23.3. The van der Waals surface area contributed by atoms with E-state index in [4.69, 9.17) is 9.47 Å². The Balaban J connectivity index is 1.54. The van der Waals surface area contributed by atoms with Crippen molar-refractivity contribution >= 4 is 22.8 Å². The number of benzene rings is 2. The van der Waals surface area contributed by atoms with Gasteiger partial charge in [0.1, 0.15) is 28.6 Å². The van der Waals surface area contributed by atoms with Crippen molar-refractivity contribution in [2.75, 3.05) is 46.9 Å². The van der Waals surface area contributed by atoms with Gasteiger partial charge in [-0.15, -0.1) is 0 Å². The van der Waals surface area contributed by atoms with Crippen molar-refractivity contribution in [2.45, 2.75) is 19.9 Å². The van der Waals surface area contributed by atoms with Gasteiger partial charge in [0.05, 0.1) is 12.6 Å². The Morgan fingerprint density at radius 1 is 1.09 bits per heavy atom. The number of carbonyl (C=O) groups excluding carboxylic acids is 1. The van der Waals surface area contributed by atoms with Crippen molar-refractivity contribution in [2.24, 2.45) is 0 Å². The van der Waals surface area contributed by atoms with Gasteiger partial charge in [0, 0.05) is 68.5 Å². The summed E-state index contributed by atoms with van der Waals surface area (Å²) >= 11 is 0. The highest BCUT2D eigenvalue weighted by atomic mass is 16.5. The maximum atomic E-state index is 13.0. The van der Waals surface area contributed by atoms with E-state index in [1.165, 1.54) is 11.6 Å². The number of ketones is 1. The lowest BCUT2D eigenvalue weighted by molar-refractivity contribution is 0.101. The number of hydrogen-bond acceptors (Lipinski definition) is 7. The van der Waals surface area contributed by atoms with Crippen LogP contribution >= 0.6 is 0 Å². The fraction of sp³-hybridized carbons (Fsp3) is 0.370. The van der Waals surface area contributed by atoms with Gasteiger partial charge in [-0.3, -0.25) is 9.69 Å². The molecule has 0 unspecified atom stereocenters. The number of phenolic OH excluding ortho intramolecular Hbond substituents is 2. The van der Waals surface area contributed by atoms with Crippen LogP contribution in [0.1, 0.15) is 28.4 Å². The van der Waals surface area contributed by atoms with Gasteiger partial charge < -0.3 is 29.2 Å². The van der Waals surface area contributed by atoms with E-state index in [0.717, 1.165) is 74.0 Å². The topological polar surface area (TPSA) is 87.4 Å². The van der Waals surface area contributed by atoms with Gasteiger partial charge in [0.15, 0.2) is 5.76 Å². The molecule has 8 heteroatoms. The Kier molecular flexibility index (Phi) is 6.17. The second kappa shape index (κ2) is 9.28. The van der Waals surface area contributed by atoms with Crippen LogP contribution in [0, 0.1) is 0 Å². The van der Waals surface area contributed by atoms with Crippen LogP contribution in [0.25, 0.3) is 17.0 Å². The van der Waals surface area contributed by atoms with Crippen LogP contribution in [0.2, 0.25) is 0 Å². The fourth-order valence-electron chi connectivity index (χ4n) is 4.95. The van der Waals surface area contributed by atoms with E-state index in [1.54, 1.807) is 13.2 Å². The minimum absolute atomic E-state index is 0.0692. The van der Waals surface area contributed by atoms with Crippen molar-refractivity contribution < 1.29 is 24.5 Å². The number of nitrogens with zero attached hydrogens (tertiary/aromatic N) is 3. The third kappa shape index (κ3) is 4.35. The van der Waals surface area contributed by atoms with Crippen LogP contribution < -0.4 is 9.47 Å². The van der Waals surface area contributed by atoms with Gasteiger partial charge in [-0.1, -0.05) is 6.92 Å². The zero-order valence-electron chi connectivity index (χ0n) is 20.4. The molecule has 0 saturated carbocycles. The number of piperazine rings is 1. The molecule has 2 N–H and O–H groups in total. The number of allylic oxidation sites excluding steroid dienone is 1. The lowest BCUT2D eigenvalue weighted by Gasteiger charge is -2.32. The van der Waals surface area contributed by atoms with Crippen molar-refractivity contribution in [1.82, 2.24) is 14.4 Å². The van der Waals surface area contributed by atoms with Crippen LogP contribution in [0.15, 0.2) is 36.2 Å². The van der Waals surface area contributed by atoms with Gasteiger partial charge in [-0.2, -0.15) is 0 Å². The average Bonchev–Trinajstić information content (AvgIpc) is 3.35. The first-order valence-corrected chi connectivity index (χ1v) is 12.0. The summed E-state index contributed by atoms with van der Waals surface area (Å²) < 4.78 is 13.6. The zero-order valence-corrected chi connectivity index (χ0v) is 20.4. The Morgan fingerprint density at radius 3 is 2.57 bits per heavy atom. The Morgan fingerprint density at radius 2 is 1.86 bits per heavy atom. The van der Waals surface area contributed by atoms with E-state index in [-0.39, 0.29) is 28.6 Å². The third-order valence-electron chi connectivity index (χ3n) is 6.95. The van der Waals surface area contributed by atoms with Crippen LogP contribution in [0.4, 0.5) is 0 Å². The average molecular weight is 478 g/mol. The molecule has 1 fully saturated rings. The molecule has 0 radical (unpaired) electrons. The number of rotatable bonds is 6. The number of ether oxygens (including phenoxy) is 2. The number of phenols is 2. The molecule has 0 amide bonds. The number of carbonyl (C=O) groups is 1. The molecule has 2 aliphatic heterocycles. The summed E-state index contributed by atoms with van der Waals surface area (Å²) in [5, 5.41) is 20.9. The second-order valence-corrected chi connectivity index (χ2v) is 9.24. The molecule has 5 rings (SSSR count). The molecule has 0 bridgehead atoms. The summed E-state index contributed by atoms with van der Waals surface area (Å²) in [4.78, 5) is 17.8. The number of Topliss-reactive ketones (excluding diaryl/α,β-unsaturated/α-hetero) is 1. The molecule has 0 spiro atoms. The van der Waals surface area contributed by atoms with E-state index in [9.17, 15) is 15.0 Å². The standard InChI is InChI=1S/C27H31N3O5/c1-4-17-11-20(34-3)15-21-18(12-24-27(33)25-22(32)13-19(31)14-23(25)35-24)16-30(26(17)21)10-9-29-7-5-28(2)6-8-29/h11-16,31-32H,4-10H2,1-3H3. The highest BCUT2D eigenvalue weighted by Gasteiger charge is 2.31. The van der Waals surface area contributed by atoms with Crippen molar-refractivity contribution in [3.8, 4) is 23.0 Å². The maximum Gasteiger partial charge on any atom is 0.235 e. The molecule has 2 aromatic carbocycles. The SMILES string of the molecule is CCc1cc(OC)cc2c(C=C3Oc4cc(O)cc(O)c4C3=O)cn(CCN3CCN(C)CC3)c12. The Bertz CT molecular complexity index is 1320. The summed E-state index contributed by atoms with van der Waals surface area (Å²) in [5.74, 6) is 0.167. The van der Waals surface area contributed by atoms with E-state index in [0.29, 0.717) is 0 Å². The molecule has 1 saturated heterocycles. The number of fused-ring (bicyclic) bond motifs is 2. The molecule has 3 aromatic rings. The minimum Gasteiger partial charge on any atom is -0.508 e. The van der Waals surface area contributed by atoms with Crippen LogP contribution in [0.3, 0.4) is 0 Å². The smallest absolute Gasteiger partial charge is 0.235 e. The molecular formula is C27H31N3O5. The quantitative estimate of drug-likeness (QED) is 0.526. The first-order chi connectivity index (χ1) is 16.9. The van der Waals surface area contributed by atoms with Gasteiger partial charge in [0.25, 0.3) is 0 Å². The first-order valence-electron chi connectivity index (χ1n) is 12.0. The van der Waals surface area contributed by atoms with Crippen LogP contribution in [-0.4, -0.2) is 77.2 Å². The molecule has 35 heavy (non-hydrogen) atoms. The van der Waals surface area contributed by atoms with Crippen molar-refractivity contribution in [1.29, 1.82) is 0 Å². The van der Waals surface area contributed by atoms with E-state index >= 15 is 0 Å². The third-order valence-corrected chi connectivity index (χ3v) is 6.95. The van der Waals surface area contributed by atoms with E-state index in [2.05, 4.69) is 40.6 Å². The van der Waals surface area contributed by atoms with E-state index in [1.807, 2.05) is 6.07 Å². The molecule has 184 valence electrons. The van der Waals surface area contributed by atoms with Gasteiger partial charge in [-0.05, 0) is 37.2 Å². The summed E-state index contributed by atoms with van der Waals surface area (Å²) in [7, 11) is 3.81. The maximum absolute atomic E-state index is 13.0. The number of aromatic nitrogens is 1. The van der Waals surface area contributed by atoms with Gasteiger partial charge in [0.2, 0.25) is 5.78 Å². The molecule has 0 aliphatic carbocycles. The fourth-order valence-corrected chi connectivity index (χ4v) is 4.95.